The van der Waals surface area contributed by atoms with Gasteiger partial charge in [0.25, 0.3) is 0 Å². The van der Waals surface area contributed by atoms with E-state index in [-0.39, 0.29) is 5.41 Å². The molecular formula is C16H28N2O2. The van der Waals surface area contributed by atoms with Gasteiger partial charge in [0.05, 0.1) is 16.9 Å². The molecule has 1 N–H and O–H groups in total. The molecule has 1 aliphatic heterocycles. The molecule has 0 aromatic heterocycles. The van der Waals surface area contributed by atoms with E-state index in [1.807, 2.05) is 13.8 Å². The summed E-state index contributed by atoms with van der Waals surface area (Å²) in [6, 6.07) is 2.32. The van der Waals surface area contributed by atoms with Crippen molar-refractivity contribution in [3.63, 3.8) is 0 Å². The van der Waals surface area contributed by atoms with Crippen LogP contribution >= 0.6 is 0 Å². The second-order valence-electron chi connectivity index (χ2n) is 6.81. The fraction of sp³-hybridized carbons (Fsp3) is 0.875. The van der Waals surface area contributed by atoms with Crippen LogP contribution in [-0.2, 0) is 4.79 Å². The number of hydrogen-bond donors (Lipinski definition) is 1. The number of likely N-dealkylation sites (tertiary alicyclic amines) is 1. The van der Waals surface area contributed by atoms with Gasteiger partial charge in [-0.2, -0.15) is 5.26 Å². The van der Waals surface area contributed by atoms with Crippen molar-refractivity contribution in [3.8, 4) is 6.07 Å². The molecule has 0 amide bonds. The zero-order valence-electron chi connectivity index (χ0n) is 13.1. The summed E-state index contributed by atoms with van der Waals surface area (Å²) in [5.74, 6) is -0.638. The molecule has 1 aliphatic rings. The number of hydrogen-bond acceptors (Lipinski definition) is 3. The molecule has 0 bridgehead atoms. The van der Waals surface area contributed by atoms with Gasteiger partial charge in [0.1, 0.15) is 0 Å². The third-order valence-corrected chi connectivity index (χ3v) is 4.42. The van der Waals surface area contributed by atoms with Crippen molar-refractivity contribution in [1.29, 1.82) is 5.26 Å². The zero-order valence-corrected chi connectivity index (χ0v) is 13.1. The molecule has 1 unspecified atom stereocenters. The molecule has 0 aromatic rings. The summed E-state index contributed by atoms with van der Waals surface area (Å²) < 4.78 is 0. The molecule has 4 nitrogen and oxygen atoms in total. The van der Waals surface area contributed by atoms with Crippen molar-refractivity contribution in [1.82, 2.24) is 4.90 Å². The maximum Gasteiger partial charge on any atom is 0.310 e. The van der Waals surface area contributed by atoms with Gasteiger partial charge >= 0.3 is 5.97 Å². The van der Waals surface area contributed by atoms with Crippen LogP contribution in [0.1, 0.15) is 59.3 Å². The average Bonchev–Trinajstić information content (AvgIpc) is 2.39. The van der Waals surface area contributed by atoms with E-state index in [9.17, 15) is 9.90 Å². The van der Waals surface area contributed by atoms with Crippen molar-refractivity contribution in [3.05, 3.63) is 0 Å². The van der Waals surface area contributed by atoms with Gasteiger partial charge in [0.2, 0.25) is 0 Å². The third kappa shape index (κ3) is 4.49. The molecule has 1 heterocycles. The quantitative estimate of drug-likeness (QED) is 0.777. The summed E-state index contributed by atoms with van der Waals surface area (Å²) in [5, 5.41) is 18.6. The Bertz CT molecular complexity index is 369. The van der Waals surface area contributed by atoms with Crippen molar-refractivity contribution in [2.24, 2.45) is 10.8 Å². The molecule has 0 aromatic carbocycles. The lowest BCUT2D eigenvalue weighted by Crippen LogP contribution is -2.48. The number of carboxylic acid groups (broad SMARTS) is 1. The number of carbonyl (C=O) groups is 1. The summed E-state index contributed by atoms with van der Waals surface area (Å²) in [7, 11) is 0. The number of nitrogens with zero attached hydrogens (tertiary/aromatic N) is 2. The Balaban J connectivity index is 2.52. The lowest BCUT2D eigenvalue weighted by atomic mass is 9.76. The van der Waals surface area contributed by atoms with Crippen LogP contribution < -0.4 is 0 Å². The topological polar surface area (TPSA) is 64.3 Å². The van der Waals surface area contributed by atoms with Crippen molar-refractivity contribution in [2.75, 3.05) is 19.6 Å². The summed E-state index contributed by atoms with van der Waals surface area (Å²) in [4.78, 5) is 13.9. The maximum absolute atomic E-state index is 11.6. The van der Waals surface area contributed by atoms with Gasteiger partial charge in [-0.15, -0.1) is 0 Å². The first-order valence-corrected chi connectivity index (χ1v) is 7.72. The third-order valence-electron chi connectivity index (χ3n) is 4.42. The monoisotopic (exact) mass is 280 g/mol. The number of piperidine rings is 1. The Hall–Kier alpha value is -1.08. The van der Waals surface area contributed by atoms with Crippen LogP contribution in [0.25, 0.3) is 0 Å². The van der Waals surface area contributed by atoms with E-state index in [0.717, 1.165) is 51.6 Å². The summed E-state index contributed by atoms with van der Waals surface area (Å²) in [6.45, 7) is 8.54. The molecule has 20 heavy (non-hydrogen) atoms. The standard InChI is InChI=1S/C16H28N2O2/c1-4-7-16(14(19)20)9-6-11-18(13-16)10-5-8-15(2,3)12-17/h4-11,13H2,1-3H3,(H,19,20). The largest absolute Gasteiger partial charge is 0.481 e. The average molecular weight is 280 g/mol. The minimum atomic E-state index is -0.638. The molecule has 0 saturated carbocycles. The van der Waals surface area contributed by atoms with Gasteiger partial charge in [0, 0.05) is 6.54 Å². The fourth-order valence-corrected chi connectivity index (χ4v) is 3.18. The van der Waals surface area contributed by atoms with Crippen molar-refractivity contribution < 1.29 is 9.90 Å². The van der Waals surface area contributed by atoms with Crippen LogP contribution in [-0.4, -0.2) is 35.6 Å². The Morgan fingerprint density at radius 3 is 2.75 bits per heavy atom. The molecule has 1 fully saturated rings. The fourth-order valence-electron chi connectivity index (χ4n) is 3.18. The van der Waals surface area contributed by atoms with Gasteiger partial charge < -0.3 is 10.0 Å². The van der Waals surface area contributed by atoms with Gasteiger partial charge in [-0.3, -0.25) is 4.79 Å². The lowest BCUT2D eigenvalue weighted by Gasteiger charge is -2.40. The van der Waals surface area contributed by atoms with E-state index in [4.69, 9.17) is 5.26 Å². The molecule has 0 radical (unpaired) electrons. The van der Waals surface area contributed by atoms with Gasteiger partial charge in [-0.05, 0) is 59.0 Å². The van der Waals surface area contributed by atoms with Crippen LogP contribution in [0, 0.1) is 22.2 Å². The predicted molar refractivity (Wildman–Crippen MR) is 79.3 cm³/mol. The van der Waals surface area contributed by atoms with Crippen LogP contribution in [0.15, 0.2) is 0 Å². The zero-order chi connectivity index (χ0) is 15.2. The second kappa shape index (κ2) is 7.08. The number of nitriles is 1. The van der Waals surface area contributed by atoms with Crippen molar-refractivity contribution >= 4 is 5.97 Å². The summed E-state index contributed by atoms with van der Waals surface area (Å²) >= 11 is 0. The minimum absolute atomic E-state index is 0.275. The highest BCUT2D eigenvalue weighted by atomic mass is 16.4. The van der Waals surface area contributed by atoms with E-state index >= 15 is 0 Å². The Morgan fingerprint density at radius 2 is 2.20 bits per heavy atom. The van der Waals surface area contributed by atoms with Crippen LogP contribution in [0.2, 0.25) is 0 Å². The van der Waals surface area contributed by atoms with Gasteiger partial charge in [0.15, 0.2) is 0 Å². The summed E-state index contributed by atoms with van der Waals surface area (Å²) in [5.41, 5.74) is -0.819. The molecule has 1 rings (SSSR count). The van der Waals surface area contributed by atoms with Gasteiger partial charge in [-0.25, -0.2) is 0 Å². The first-order chi connectivity index (χ1) is 9.35. The maximum atomic E-state index is 11.6. The highest BCUT2D eigenvalue weighted by molar-refractivity contribution is 5.75. The molecule has 0 aliphatic carbocycles. The van der Waals surface area contributed by atoms with Crippen LogP contribution in [0.4, 0.5) is 0 Å². The van der Waals surface area contributed by atoms with E-state index in [0.29, 0.717) is 6.54 Å². The van der Waals surface area contributed by atoms with E-state index in [1.54, 1.807) is 0 Å². The van der Waals surface area contributed by atoms with E-state index < -0.39 is 11.4 Å². The minimum Gasteiger partial charge on any atom is -0.481 e. The van der Waals surface area contributed by atoms with Crippen LogP contribution in [0.5, 0.6) is 0 Å². The molecule has 4 heteroatoms. The number of carboxylic acids is 1. The molecule has 0 spiro atoms. The SMILES string of the molecule is CCCC1(C(=O)O)CCCN(CCCC(C)(C)C#N)C1. The van der Waals surface area contributed by atoms with Crippen LogP contribution in [0.3, 0.4) is 0 Å². The highest BCUT2D eigenvalue weighted by Gasteiger charge is 2.41. The number of rotatable bonds is 7. The Labute approximate surface area is 122 Å². The molecular weight excluding hydrogens is 252 g/mol. The van der Waals surface area contributed by atoms with E-state index in [2.05, 4.69) is 17.9 Å². The lowest BCUT2D eigenvalue weighted by molar-refractivity contribution is -0.153. The molecule has 1 saturated heterocycles. The predicted octanol–water partition coefficient (Wildman–Crippen LogP) is 3.28. The molecule has 1 atom stereocenters. The second-order valence-corrected chi connectivity index (χ2v) is 6.81. The first-order valence-electron chi connectivity index (χ1n) is 7.72. The normalized spacial score (nSPS) is 24.3. The smallest absolute Gasteiger partial charge is 0.310 e. The summed E-state index contributed by atoms with van der Waals surface area (Å²) in [6.07, 6.45) is 5.28. The van der Waals surface area contributed by atoms with Gasteiger partial charge in [-0.1, -0.05) is 13.3 Å². The van der Waals surface area contributed by atoms with E-state index in [1.165, 1.54) is 0 Å². The van der Waals surface area contributed by atoms with Crippen molar-refractivity contribution in [2.45, 2.75) is 59.3 Å². The Morgan fingerprint density at radius 1 is 1.50 bits per heavy atom. The molecule has 114 valence electrons. The Kier molecular flexibility index (Phi) is 6.01. The first kappa shape index (κ1) is 17.0. The highest BCUT2D eigenvalue weighted by Crippen LogP contribution is 2.35. The number of aliphatic carboxylic acids is 1.